The highest BCUT2D eigenvalue weighted by Gasteiger charge is 2.41. The van der Waals surface area contributed by atoms with Gasteiger partial charge in [-0.05, 0) is 30.0 Å². The average molecular weight is 361 g/mol. The summed E-state index contributed by atoms with van der Waals surface area (Å²) in [5.41, 5.74) is 5.63. The van der Waals surface area contributed by atoms with Gasteiger partial charge in [0, 0.05) is 17.5 Å². The van der Waals surface area contributed by atoms with Crippen molar-refractivity contribution >= 4 is 22.6 Å². The topological polar surface area (TPSA) is 104 Å². The molecule has 1 aliphatic rings. The van der Waals surface area contributed by atoms with Gasteiger partial charge in [0.2, 0.25) is 5.88 Å². The lowest BCUT2D eigenvalue weighted by atomic mass is 9.97. The summed E-state index contributed by atoms with van der Waals surface area (Å²) < 4.78 is 24.9. The molecule has 0 unspecified atom stereocenters. The number of nitrogens with zero attached hydrogens (tertiary/aromatic N) is 1. The molecule has 1 fully saturated rings. The Hall–Kier alpha value is -2.90. The first kappa shape index (κ1) is 17.9. The Morgan fingerprint density at radius 2 is 2.19 bits per heavy atom. The van der Waals surface area contributed by atoms with Crippen molar-refractivity contribution in [2.24, 2.45) is 11.7 Å². The molecule has 0 bridgehead atoms. The number of rotatable bonds is 6. The Morgan fingerprint density at radius 1 is 1.42 bits per heavy atom. The second-order valence-electron chi connectivity index (χ2n) is 6.15. The Morgan fingerprint density at radius 3 is 2.85 bits per heavy atom. The van der Waals surface area contributed by atoms with E-state index in [-0.39, 0.29) is 12.2 Å². The maximum Gasteiger partial charge on any atom is 0.255 e. The molecule has 1 saturated heterocycles. The zero-order valence-electron chi connectivity index (χ0n) is 14.5. The second-order valence-corrected chi connectivity index (χ2v) is 6.15. The van der Waals surface area contributed by atoms with E-state index in [1.165, 1.54) is 13.3 Å². The lowest BCUT2D eigenvalue weighted by Gasteiger charge is -2.19. The minimum atomic E-state index is -1.52. The molecule has 3 rings (SSSR count). The number of alkyl halides is 1. The number of amides is 2. The molecule has 2 amide bonds. The molecule has 3 atom stereocenters. The standard InChI is InChI=1S/C18H20FN3O4/c1-3-10-13(22-17(24)15(10)19)8-26-18-11-7-14(25-2)12(16(20)23)6-9(11)4-5-21-18/h4-7,10,13,15H,3,8H2,1-2H3,(H2,20,23)(H,22,24)/t10-,13-,15-/m1/s1. The van der Waals surface area contributed by atoms with Crippen LogP contribution in [0.5, 0.6) is 11.6 Å². The van der Waals surface area contributed by atoms with E-state index >= 15 is 0 Å². The summed E-state index contributed by atoms with van der Waals surface area (Å²) in [5.74, 6) is -1.02. The monoisotopic (exact) mass is 361 g/mol. The Labute approximate surface area is 149 Å². The molecule has 2 aromatic rings. The van der Waals surface area contributed by atoms with E-state index in [2.05, 4.69) is 10.3 Å². The maximum atomic E-state index is 13.9. The zero-order valence-corrected chi connectivity index (χ0v) is 14.5. The molecule has 0 radical (unpaired) electrons. The largest absolute Gasteiger partial charge is 0.496 e. The highest BCUT2D eigenvalue weighted by Crippen LogP contribution is 2.31. The summed E-state index contributed by atoms with van der Waals surface area (Å²) in [7, 11) is 1.44. The predicted molar refractivity (Wildman–Crippen MR) is 92.9 cm³/mol. The van der Waals surface area contributed by atoms with Gasteiger partial charge in [-0.3, -0.25) is 9.59 Å². The fraction of sp³-hybridized carbons (Fsp3) is 0.389. The van der Waals surface area contributed by atoms with Gasteiger partial charge in [-0.15, -0.1) is 0 Å². The first-order valence-electron chi connectivity index (χ1n) is 8.30. The summed E-state index contributed by atoms with van der Waals surface area (Å²) >= 11 is 0. The molecule has 2 heterocycles. The smallest absolute Gasteiger partial charge is 0.255 e. The van der Waals surface area contributed by atoms with Gasteiger partial charge in [0.25, 0.3) is 11.8 Å². The lowest BCUT2D eigenvalue weighted by molar-refractivity contribution is -0.123. The molecule has 8 heteroatoms. The minimum absolute atomic E-state index is 0.0939. The summed E-state index contributed by atoms with van der Waals surface area (Å²) in [5, 5.41) is 3.95. The first-order chi connectivity index (χ1) is 12.5. The van der Waals surface area contributed by atoms with Crippen LogP contribution in [0.1, 0.15) is 23.7 Å². The number of halogens is 1. The number of fused-ring (bicyclic) bond motifs is 1. The Bertz CT molecular complexity index is 858. The summed E-state index contributed by atoms with van der Waals surface area (Å²) in [4.78, 5) is 27.3. The molecular formula is C18H20FN3O4. The van der Waals surface area contributed by atoms with Crippen LogP contribution in [0.4, 0.5) is 4.39 Å². The molecule has 138 valence electrons. The fourth-order valence-electron chi connectivity index (χ4n) is 3.24. The molecule has 26 heavy (non-hydrogen) atoms. The van der Waals surface area contributed by atoms with E-state index in [9.17, 15) is 14.0 Å². The van der Waals surface area contributed by atoms with Crippen LogP contribution in [-0.2, 0) is 4.79 Å². The van der Waals surface area contributed by atoms with Crippen LogP contribution in [0.15, 0.2) is 24.4 Å². The third-order valence-corrected chi connectivity index (χ3v) is 4.66. The van der Waals surface area contributed by atoms with Crippen molar-refractivity contribution in [3.8, 4) is 11.6 Å². The Balaban J connectivity index is 1.89. The summed E-state index contributed by atoms with van der Waals surface area (Å²) in [6.45, 7) is 1.92. The highest BCUT2D eigenvalue weighted by molar-refractivity contribution is 6.01. The third kappa shape index (κ3) is 3.14. The van der Waals surface area contributed by atoms with Crippen molar-refractivity contribution in [1.29, 1.82) is 0 Å². The fourth-order valence-corrected chi connectivity index (χ4v) is 3.24. The van der Waals surface area contributed by atoms with Crippen LogP contribution in [0.3, 0.4) is 0 Å². The molecule has 0 spiro atoms. The van der Waals surface area contributed by atoms with Gasteiger partial charge in [-0.25, -0.2) is 9.37 Å². The second kappa shape index (κ2) is 7.15. The number of hydrogen-bond acceptors (Lipinski definition) is 5. The number of ether oxygens (including phenoxy) is 2. The quantitative estimate of drug-likeness (QED) is 0.813. The highest BCUT2D eigenvalue weighted by atomic mass is 19.1. The van der Waals surface area contributed by atoms with Gasteiger partial charge in [0.05, 0.1) is 18.7 Å². The zero-order chi connectivity index (χ0) is 18.8. The lowest BCUT2D eigenvalue weighted by Crippen LogP contribution is -2.34. The summed E-state index contributed by atoms with van der Waals surface area (Å²) in [6.07, 6.45) is 0.539. The molecule has 1 aromatic carbocycles. The number of carbonyl (C=O) groups excluding carboxylic acids is 2. The molecular weight excluding hydrogens is 341 g/mol. The molecule has 0 aliphatic carbocycles. The number of benzene rings is 1. The molecule has 1 aromatic heterocycles. The van der Waals surface area contributed by atoms with Gasteiger partial charge in [-0.2, -0.15) is 0 Å². The third-order valence-electron chi connectivity index (χ3n) is 4.66. The molecule has 3 N–H and O–H groups in total. The van der Waals surface area contributed by atoms with E-state index in [0.717, 1.165) is 0 Å². The molecule has 7 nitrogen and oxygen atoms in total. The average Bonchev–Trinajstić information content (AvgIpc) is 2.91. The number of methoxy groups -OCH3 is 1. The first-order valence-corrected chi connectivity index (χ1v) is 8.30. The van der Waals surface area contributed by atoms with E-state index in [4.69, 9.17) is 15.2 Å². The van der Waals surface area contributed by atoms with Gasteiger partial charge in [0.15, 0.2) is 6.17 Å². The number of carbonyl (C=O) groups is 2. The van der Waals surface area contributed by atoms with Gasteiger partial charge >= 0.3 is 0 Å². The van der Waals surface area contributed by atoms with Crippen molar-refractivity contribution in [3.05, 3.63) is 30.0 Å². The summed E-state index contributed by atoms with van der Waals surface area (Å²) in [6, 6.07) is 4.53. The number of nitrogens with one attached hydrogen (secondary N) is 1. The number of aromatic nitrogens is 1. The normalized spacial score (nSPS) is 22.3. The number of pyridine rings is 1. The van der Waals surface area contributed by atoms with Crippen LogP contribution in [0, 0.1) is 5.92 Å². The predicted octanol–water partition coefficient (Wildman–Crippen LogP) is 1.58. The number of primary amides is 1. The van der Waals surface area contributed by atoms with Crippen molar-refractivity contribution in [1.82, 2.24) is 10.3 Å². The van der Waals surface area contributed by atoms with Gasteiger partial charge < -0.3 is 20.5 Å². The SMILES string of the molecule is CC[C@@H]1[C@@H](COc2nccc3cc(C(N)=O)c(OC)cc23)NC(=O)[C@@H]1F. The van der Waals surface area contributed by atoms with Gasteiger partial charge in [0.1, 0.15) is 12.4 Å². The van der Waals surface area contributed by atoms with Crippen molar-refractivity contribution in [2.45, 2.75) is 25.6 Å². The van der Waals surface area contributed by atoms with Crippen molar-refractivity contribution < 1.29 is 23.5 Å². The van der Waals surface area contributed by atoms with Crippen molar-refractivity contribution in [3.63, 3.8) is 0 Å². The van der Waals surface area contributed by atoms with E-state index in [1.54, 1.807) is 18.2 Å². The van der Waals surface area contributed by atoms with E-state index in [1.807, 2.05) is 6.92 Å². The molecule has 0 saturated carbocycles. The number of hydrogen-bond donors (Lipinski definition) is 2. The van der Waals surface area contributed by atoms with Crippen LogP contribution < -0.4 is 20.5 Å². The van der Waals surface area contributed by atoms with Crippen LogP contribution in [-0.4, -0.2) is 42.7 Å². The van der Waals surface area contributed by atoms with Gasteiger partial charge in [-0.1, -0.05) is 6.92 Å². The van der Waals surface area contributed by atoms with E-state index in [0.29, 0.717) is 28.8 Å². The van der Waals surface area contributed by atoms with Crippen molar-refractivity contribution in [2.75, 3.05) is 13.7 Å². The van der Waals surface area contributed by atoms with Crippen LogP contribution in [0.25, 0.3) is 10.8 Å². The molecule has 1 aliphatic heterocycles. The minimum Gasteiger partial charge on any atom is -0.496 e. The van der Waals surface area contributed by atoms with E-state index < -0.39 is 29.9 Å². The maximum absolute atomic E-state index is 13.9. The number of nitrogens with two attached hydrogens (primary N) is 1. The van der Waals surface area contributed by atoms with Crippen LogP contribution >= 0.6 is 0 Å². The van der Waals surface area contributed by atoms with Crippen LogP contribution in [0.2, 0.25) is 0 Å². The Kier molecular flexibility index (Phi) is 4.92.